The van der Waals surface area contributed by atoms with E-state index in [1.165, 1.54) is 21.3 Å². The first-order valence-corrected chi connectivity index (χ1v) is 5.54. The molecule has 1 rings (SSSR count). The summed E-state index contributed by atoms with van der Waals surface area (Å²) in [7, 11) is 5.63. The number of hydrogen-bond donors (Lipinski definition) is 0. The summed E-state index contributed by atoms with van der Waals surface area (Å²) in [6, 6.07) is 3.37. The Morgan fingerprint density at radius 1 is 1.05 bits per heavy atom. The summed E-state index contributed by atoms with van der Waals surface area (Å²) in [5.41, 5.74) is 1.29. The molecule has 1 aromatic rings. The second-order valence-electron chi connectivity index (χ2n) is 3.85. The topological polar surface area (TPSA) is 65.1 Å². The predicted octanol–water partition coefficient (Wildman–Crippen LogP) is 1.15. The number of methoxy groups -OCH3 is 3. The maximum absolute atomic E-state index is 11.8. The fourth-order valence-corrected chi connectivity index (χ4v) is 1.63. The van der Waals surface area contributed by atoms with Gasteiger partial charge in [-0.05, 0) is 18.6 Å². The second kappa shape index (κ2) is 6.08. The molecule has 0 aliphatic carbocycles. The van der Waals surface area contributed by atoms with E-state index >= 15 is 0 Å². The molecule has 0 fully saturated rings. The number of amides is 1. The zero-order valence-corrected chi connectivity index (χ0v) is 11.6. The number of nitrogens with zero attached hydrogens (tertiary/aromatic N) is 1. The maximum Gasteiger partial charge on any atom is 0.397 e. The molecule has 0 N–H and O–H groups in total. The number of carbonyl (C=O) groups is 2. The Morgan fingerprint density at radius 3 is 2.11 bits per heavy atom. The molecule has 0 radical (unpaired) electrons. The van der Waals surface area contributed by atoms with Gasteiger partial charge < -0.3 is 19.1 Å². The van der Waals surface area contributed by atoms with E-state index < -0.39 is 11.9 Å². The summed E-state index contributed by atoms with van der Waals surface area (Å²) in [6.45, 7) is 1.85. The van der Waals surface area contributed by atoms with Gasteiger partial charge >= 0.3 is 11.9 Å². The highest BCUT2D eigenvalue weighted by atomic mass is 16.5. The third-order valence-corrected chi connectivity index (χ3v) is 2.72. The van der Waals surface area contributed by atoms with Crippen molar-refractivity contribution in [3.8, 4) is 11.5 Å². The van der Waals surface area contributed by atoms with Gasteiger partial charge in [-0.1, -0.05) is 0 Å². The van der Waals surface area contributed by atoms with Crippen LogP contribution in [-0.2, 0) is 14.3 Å². The molecule has 19 heavy (non-hydrogen) atoms. The number of anilines is 1. The minimum absolute atomic E-state index is 0.431. The molecule has 0 aliphatic heterocycles. The van der Waals surface area contributed by atoms with Crippen molar-refractivity contribution >= 4 is 17.6 Å². The van der Waals surface area contributed by atoms with Gasteiger partial charge in [0.2, 0.25) is 0 Å². The highest BCUT2D eigenvalue weighted by molar-refractivity contribution is 6.38. The molecule has 1 aromatic carbocycles. The van der Waals surface area contributed by atoms with E-state index in [0.29, 0.717) is 17.2 Å². The first-order valence-electron chi connectivity index (χ1n) is 5.54. The smallest absolute Gasteiger partial charge is 0.397 e. The summed E-state index contributed by atoms with van der Waals surface area (Å²) >= 11 is 0. The molecule has 0 spiro atoms. The Balaban J connectivity index is 3.24. The average molecular weight is 267 g/mol. The summed E-state index contributed by atoms with van der Waals surface area (Å²) in [4.78, 5) is 24.2. The van der Waals surface area contributed by atoms with Crippen LogP contribution in [0.1, 0.15) is 5.56 Å². The summed E-state index contributed by atoms with van der Waals surface area (Å²) in [6.07, 6.45) is 0. The number of hydrogen-bond acceptors (Lipinski definition) is 5. The Morgan fingerprint density at radius 2 is 1.63 bits per heavy atom. The Labute approximate surface area is 111 Å². The van der Waals surface area contributed by atoms with Crippen LogP contribution in [0.15, 0.2) is 12.1 Å². The fraction of sp³-hybridized carbons (Fsp3) is 0.385. The fourth-order valence-electron chi connectivity index (χ4n) is 1.63. The average Bonchev–Trinajstić information content (AvgIpc) is 2.44. The molecule has 0 aromatic heterocycles. The van der Waals surface area contributed by atoms with E-state index in [2.05, 4.69) is 4.74 Å². The highest BCUT2D eigenvalue weighted by Crippen LogP contribution is 2.34. The molecular formula is C13H17NO5. The van der Waals surface area contributed by atoms with E-state index in [1.54, 1.807) is 12.1 Å². The van der Waals surface area contributed by atoms with Crippen molar-refractivity contribution in [2.75, 3.05) is 33.3 Å². The molecule has 6 heteroatoms. The number of likely N-dealkylation sites (N-methyl/N-ethyl adjacent to an activating group) is 1. The maximum atomic E-state index is 11.8. The van der Waals surface area contributed by atoms with Crippen LogP contribution in [-0.4, -0.2) is 40.3 Å². The molecule has 104 valence electrons. The van der Waals surface area contributed by atoms with Crippen molar-refractivity contribution in [1.82, 2.24) is 0 Å². The van der Waals surface area contributed by atoms with Crippen molar-refractivity contribution in [1.29, 1.82) is 0 Å². The SMILES string of the molecule is COC(=O)C(=O)N(C)c1cc(OC)c(C)cc1OC. The van der Waals surface area contributed by atoms with E-state index in [4.69, 9.17) is 9.47 Å². The van der Waals surface area contributed by atoms with Gasteiger partial charge in [-0.15, -0.1) is 0 Å². The molecule has 0 saturated heterocycles. The van der Waals surface area contributed by atoms with Crippen LogP contribution in [0.2, 0.25) is 0 Å². The van der Waals surface area contributed by atoms with Gasteiger partial charge in [-0.2, -0.15) is 0 Å². The Bertz CT molecular complexity index is 498. The van der Waals surface area contributed by atoms with Crippen LogP contribution < -0.4 is 14.4 Å². The van der Waals surface area contributed by atoms with Crippen molar-refractivity contribution in [3.05, 3.63) is 17.7 Å². The number of aryl methyl sites for hydroxylation is 1. The quantitative estimate of drug-likeness (QED) is 0.607. The number of ether oxygens (including phenoxy) is 3. The minimum atomic E-state index is -0.941. The molecule has 1 amide bonds. The largest absolute Gasteiger partial charge is 0.496 e. The molecule has 0 atom stereocenters. The summed E-state index contributed by atoms with van der Waals surface area (Å²) in [5, 5.41) is 0. The lowest BCUT2D eigenvalue weighted by atomic mass is 10.1. The van der Waals surface area contributed by atoms with Gasteiger partial charge in [0.1, 0.15) is 11.5 Å². The lowest BCUT2D eigenvalue weighted by Gasteiger charge is -2.20. The third-order valence-electron chi connectivity index (χ3n) is 2.72. The monoisotopic (exact) mass is 267 g/mol. The van der Waals surface area contributed by atoms with Gasteiger partial charge in [0.25, 0.3) is 0 Å². The van der Waals surface area contributed by atoms with Crippen molar-refractivity contribution in [3.63, 3.8) is 0 Å². The van der Waals surface area contributed by atoms with Crippen LogP contribution in [0.5, 0.6) is 11.5 Å². The summed E-state index contributed by atoms with van der Waals surface area (Å²) in [5.74, 6) is -0.658. The molecular weight excluding hydrogens is 250 g/mol. The van der Waals surface area contributed by atoms with Crippen LogP contribution in [0.4, 0.5) is 5.69 Å². The van der Waals surface area contributed by atoms with Crippen LogP contribution >= 0.6 is 0 Å². The van der Waals surface area contributed by atoms with E-state index in [-0.39, 0.29) is 0 Å². The number of rotatable bonds is 3. The van der Waals surface area contributed by atoms with Crippen molar-refractivity contribution in [2.45, 2.75) is 6.92 Å². The first kappa shape index (κ1) is 14.8. The predicted molar refractivity (Wildman–Crippen MR) is 69.7 cm³/mol. The summed E-state index contributed by atoms with van der Waals surface area (Å²) < 4.78 is 14.8. The third kappa shape index (κ3) is 2.96. The van der Waals surface area contributed by atoms with E-state index in [9.17, 15) is 9.59 Å². The lowest BCUT2D eigenvalue weighted by molar-refractivity contribution is -0.151. The molecule has 0 heterocycles. The van der Waals surface area contributed by atoms with Crippen molar-refractivity contribution < 1.29 is 23.8 Å². The van der Waals surface area contributed by atoms with Crippen LogP contribution in [0.25, 0.3) is 0 Å². The van der Waals surface area contributed by atoms with Crippen LogP contribution in [0, 0.1) is 6.92 Å². The van der Waals surface area contributed by atoms with Gasteiger partial charge in [0, 0.05) is 13.1 Å². The normalized spacial score (nSPS) is 9.74. The Kier molecular flexibility index (Phi) is 4.74. The number of carbonyl (C=O) groups excluding carboxylic acids is 2. The van der Waals surface area contributed by atoms with Gasteiger partial charge in [-0.25, -0.2) is 4.79 Å². The van der Waals surface area contributed by atoms with E-state index in [0.717, 1.165) is 17.6 Å². The zero-order valence-electron chi connectivity index (χ0n) is 11.6. The molecule has 0 saturated carbocycles. The molecule has 0 unspecified atom stereocenters. The molecule has 0 bridgehead atoms. The van der Waals surface area contributed by atoms with E-state index in [1.807, 2.05) is 6.92 Å². The number of benzene rings is 1. The number of esters is 1. The van der Waals surface area contributed by atoms with Crippen LogP contribution in [0.3, 0.4) is 0 Å². The first-order chi connectivity index (χ1) is 8.96. The highest BCUT2D eigenvalue weighted by Gasteiger charge is 2.24. The lowest BCUT2D eigenvalue weighted by Crippen LogP contribution is -2.34. The van der Waals surface area contributed by atoms with Gasteiger partial charge in [0.05, 0.1) is 27.0 Å². The van der Waals surface area contributed by atoms with Gasteiger partial charge in [-0.3, -0.25) is 4.79 Å². The molecule has 6 nitrogen and oxygen atoms in total. The standard InChI is InChI=1S/C13H17NO5/c1-8-6-11(18-4)9(7-10(8)17-3)14(2)12(15)13(16)19-5/h6-7H,1-5H3. The Hall–Kier alpha value is -2.24. The second-order valence-corrected chi connectivity index (χ2v) is 3.85. The minimum Gasteiger partial charge on any atom is -0.496 e. The van der Waals surface area contributed by atoms with Gasteiger partial charge in [0.15, 0.2) is 0 Å². The zero-order chi connectivity index (χ0) is 14.6. The van der Waals surface area contributed by atoms with Crippen molar-refractivity contribution in [2.24, 2.45) is 0 Å². The molecule has 0 aliphatic rings.